The molecule has 1 aliphatic heterocycles. The zero-order valence-corrected chi connectivity index (χ0v) is 11.7. The number of aromatic nitrogens is 1. The second-order valence-electron chi connectivity index (χ2n) is 5.11. The van der Waals surface area contributed by atoms with Gasteiger partial charge in [0.2, 0.25) is 0 Å². The van der Waals surface area contributed by atoms with Gasteiger partial charge in [0, 0.05) is 18.1 Å². The lowest BCUT2D eigenvalue weighted by Crippen LogP contribution is -2.29. The summed E-state index contributed by atoms with van der Waals surface area (Å²) in [5.41, 5.74) is 1.65. The van der Waals surface area contributed by atoms with Gasteiger partial charge in [-0.25, -0.2) is 4.98 Å². The van der Waals surface area contributed by atoms with E-state index < -0.39 is 0 Å². The summed E-state index contributed by atoms with van der Waals surface area (Å²) in [6, 6.07) is 7.91. The van der Waals surface area contributed by atoms with Crippen molar-refractivity contribution in [3.63, 3.8) is 0 Å². The minimum absolute atomic E-state index is 0.0441. The molecular formula is C15H15ClN2O2. The number of amides is 1. The van der Waals surface area contributed by atoms with Crippen LogP contribution >= 0.6 is 11.6 Å². The summed E-state index contributed by atoms with van der Waals surface area (Å²) in [5, 5.41) is 0.753. The van der Waals surface area contributed by atoms with E-state index in [2.05, 4.69) is 4.98 Å². The van der Waals surface area contributed by atoms with E-state index in [4.69, 9.17) is 16.0 Å². The number of carbonyl (C=O) groups excluding carboxylic acids is 1. The highest BCUT2D eigenvalue weighted by Gasteiger charge is 2.28. The Morgan fingerprint density at radius 1 is 1.40 bits per heavy atom. The largest absolute Gasteiger partial charge is 0.451 e. The monoisotopic (exact) mass is 290 g/mol. The second kappa shape index (κ2) is 5.67. The molecule has 0 bridgehead atoms. The maximum atomic E-state index is 12.1. The highest BCUT2D eigenvalue weighted by atomic mass is 35.5. The average molecular weight is 291 g/mol. The minimum atomic E-state index is -0.0441. The van der Waals surface area contributed by atoms with Crippen LogP contribution in [0.5, 0.6) is 0 Å². The Kier molecular flexibility index (Phi) is 3.74. The molecule has 1 aromatic carbocycles. The van der Waals surface area contributed by atoms with Crippen LogP contribution in [0.2, 0.25) is 5.02 Å². The topological polar surface area (TPSA) is 46.3 Å². The van der Waals surface area contributed by atoms with Gasteiger partial charge in [-0.2, -0.15) is 0 Å². The van der Waals surface area contributed by atoms with E-state index in [1.165, 1.54) is 18.2 Å². The predicted octanol–water partition coefficient (Wildman–Crippen LogP) is 3.03. The molecule has 104 valence electrons. The van der Waals surface area contributed by atoms with Gasteiger partial charge in [0.05, 0.1) is 0 Å². The van der Waals surface area contributed by atoms with Gasteiger partial charge in [-0.05, 0) is 36.5 Å². The Labute approximate surface area is 122 Å². The third-order valence-electron chi connectivity index (χ3n) is 3.66. The van der Waals surface area contributed by atoms with Crippen molar-refractivity contribution in [3.8, 4) is 0 Å². The molecule has 2 aromatic rings. The molecule has 3 rings (SSSR count). The van der Waals surface area contributed by atoms with Crippen LogP contribution in [0, 0.1) is 5.92 Å². The van der Waals surface area contributed by atoms with Crippen LogP contribution in [0.4, 0.5) is 0 Å². The molecule has 1 atom stereocenters. The van der Waals surface area contributed by atoms with E-state index in [-0.39, 0.29) is 5.91 Å². The summed E-state index contributed by atoms with van der Waals surface area (Å²) in [7, 11) is 0. The van der Waals surface area contributed by atoms with Crippen molar-refractivity contribution in [1.82, 2.24) is 9.88 Å². The SMILES string of the molecule is O=C(c1cocn1)N1CCC(Cc2ccc(Cl)cc2)C1. The number of benzene rings is 1. The first-order chi connectivity index (χ1) is 9.72. The van der Waals surface area contributed by atoms with Gasteiger partial charge in [0.15, 0.2) is 12.1 Å². The zero-order valence-electron chi connectivity index (χ0n) is 11.0. The molecule has 5 heteroatoms. The lowest BCUT2D eigenvalue weighted by atomic mass is 9.99. The van der Waals surface area contributed by atoms with Crippen molar-refractivity contribution in [2.45, 2.75) is 12.8 Å². The number of nitrogens with zero attached hydrogens (tertiary/aromatic N) is 2. The fraction of sp³-hybridized carbons (Fsp3) is 0.333. The smallest absolute Gasteiger partial charge is 0.275 e. The maximum absolute atomic E-state index is 12.1. The molecule has 0 spiro atoms. The number of oxazole rings is 1. The molecule has 20 heavy (non-hydrogen) atoms. The molecule has 0 saturated carbocycles. The van der Waals surface area contributed by atoms with Crippen LogP contribution in [-0.4, -0.2) is 28.9 Å². The summed E-state index contributed by atoms with van der Waals surface area (Å²) >= 11 is 5.88. The van der Waals surface area contributed by atoms with E-state index >= 15 is 0 Å². The summed E-state index contributed by atoms with van der Waals surface area (Å²) < 4.78 is 4.86. The van der Waals surface area contributed by atoms with Gasteiger partial charge >= 0.3 is 0 Å². The second-order valence-corrected chi connectivity index (χ2v) is 5.55. The van der Waals surface area contributed by atoms with Crippen molar-refractivity contribution in [2.24, 2.45) is 5.92 Å². The highest BCUT2D eigenvalue weighted by Crippen LogP contribution is 2.23. The molecule has 1 unspecified atom stereocenters. The van der Waals surface area contributed by atoms with Crippen LogP contribution in [0.3, 0.4) is 0 Å². The van der Waals surface area contributed by atoms with Crippen LogP contribution in [0.25, 0.3) is 0 Å². The summed E-state index contributed by atoms with van der Waals surface area (Å²) in [6.07, 6.45) is 4.68. The Balaban J connectivity index is 1.59. The normalized spacial score (nSPS) is 18.4. The Morgan fingerprint density at radius 2 is 2.20 bits per heavy atom. The van der Waals surface area contributed by atoms with Gasteiger partial charge in [-0.15, -0.1) is 0 Å². The Hall–Kier alpha value is -1.81. The van der Waals surface area contributed by atoms with Crippen LogP contribution in [0.15, 0.2) is 41.3 Å². The van der Waals surface area contributed by atoms with Crippen LogP contribution < -0.4 is 0 Å². The highest BCUT2D eigenvalue weighted by molar-refractivity contribution is 6.30. The fourth-order valence-electron chi connectivity index (χ4n) is 2.62. The first-order valence-electron chi connectivity index (χ1n) is 6.64. The van der Waals surface area contributed by atoms with Gasteiger partial charge in [-0.3, -0.25) is 4.79 Å². The number of rotatable bonds is 3. The first-order valence-corrected chi connectivity index (χ1v) is 7.02. The van der Waals surface area contributed by atoms with Crippen molar-refractivity contribution in [3.05, 3.63) is 53.2 Å². The zero-order chi connectivity index (χ0) is 13.9. The van der Waals surface area contributed by atoms with Crippen molar-refractivity contribution in [2.75, 3.05) is 13.1 Å². The Bertz CT molecular complexity index is 580. The third-order valence-corrected chi connectivity index (χ3v) is 3.91. The molecule has 4 nitrogen and oxygen atoms in total. The first kappa shape index (κ1) is 13.2. The summed E-state index contributed by atoms with van der Waals surface area (Å²) in [6.45, 7) is 1.55. The molecule has 1 aliphatic rings. The summed E-state index contributed by atoms with van der Waals surface area (Å²) in [4.78, 5) is 17.9. The van der Waals surface area contributed by atoms with Crippen LogP contribution in [-0.2, 0) is 6.42 Å². The van der Waals surface area contributed by atoms with E-state index in [9.17, 15) is 4.79 Å². The van der Waals surface area contributed by atoms with E-state index in [1.807, 2.05) is 29.2 Å². The van der Waals surface area contributed by atoms with E-state index in [0.717, 1.165) is 31.0 Å². The number of likely N-dealkylation sites (tertiary alicyclic amines) is 1. The van der Waals surface area contributed by atoms with Gasteiger partial charge < -0.3 is 9.32 Å². The fourth-order valence-corrected chi connectivity index (χ4v) is 2.74. The van der Waals surface area contributed by atoms with Crippen molar-refractivity contribution >= 4 is 17.5 Å². The average Bonchev–Trinajstić information content (AvgIpc) is 3.12. The number of carbonyl (C=O) groups is 1. The van der Waals surface area contributed by atoms with Crippen LogP contribution in [0.1, 0.15) is 22.5 Å². The van der Waals surface area contributed by atoms with Crippen molar-refractivity contribution < 1.29 is 9.21 Å². The third kappa shape index (κ3) is 2.85. The molecule has 1 amide bonds. The number of hydrogen-bond acceptors (Lipinski definition) is 3. The van der Waals surface area contributed by atoms with E-state index in [0.29, 0.717) is 11.6 Å². The van der Waals surface area contributed by atoms with Gasteiger partial charge in [0.25, 0.3) is 5.91 Å². The lowest BCUT2D eigenvalue weighted by molar-refractivity contribution is 0.0781. The molecule has 1 aromatic heterocycles. The molecule has 1 fully saturated rings. The van der Waals surface area contributed by atoms with E-state index in [1.54, 1.807) is 0 Å². The molecule has 2 heterocycles. The van der Waals surface area contributed by atoms with Crippen molar-refractivity contribution in [1.29, 1.82) is 0 Å². The molecule has 0 N–H and O–H groups in total. The predicted molar refractivity (Wildman–Crippen MR) is 75.7 cm³/mol. The summed E-state index contributed by atoms with van der Waals surface area (Å²) in [5.74, 6) is 0.449. The quantitative estimate of drug-likeness (QED) is 0.873. The minimum Gasteiger partial charge on any atom is -0.451 e. The number of hydrogen-bond donors (Lipinski definition) is 0. The number of halogens is 1. The molecule has 0 radical (unpaired) electrons. The lowest BCUT2D eigenvalue weighted by Gasteiger charge is -2.15. The maximum Gasteiger partial charge on any atom is 0.275 e. The molecule has 1 saturated heterocycles. The Morgan fingerprint density at radius 3 is 2.90 bits per heavy atom. The van der Waals surface area contributed by atoms with Gasteiger partial charge in [-0.1, -0.05) is 23.7 Å². The van der Waals surface area contributed by atoms with Gasteiger partial charge in [0.1, 0.15) is 6.26 Å². The molecular weight excluding hydrogens is 276 g/mol. The molecule has 0 aliphatic carbocycles. The standard InChI is InChI=1S/C15H15ClN2O2/c16-13-3-1-11(2-4-13)7-12-5-6-18(8-12)15(19)14-9-20-10-17-14/h1-4,9-10,12H,5-8H2.